The Labute approximate surface area is 101 Å². The van der Waals surface area contributed by atoms with Crippen molar-refractivity contribution in [3.8, 4) is 0 Å². The molecule has 0 N–H and O–H groups in total. The van der Waals surface area contributed by atoms with Crippen LogP contribution in [0.5, 0.6) is 0 Å². The molecular weight excluding hydrogens is 227 g/mol. The number of ether oxygens (including phenoxy) is 1. The van der Waals surface area contributed by atoms with Gasteiger partial charge in [0.1, 0.15) is 5.82 Å². The van der Waals surface area contributed by atoms with Gasteiger partial charge in [-0.1, -0.05) is 12.1 Å². The Balaban J connectivity index is 2.03. The van der Waals surface area contributed by atoms with E-state index in [0.29, 0.717) is 12.0 Å². The highest BCUT2D eigenvalue weighted by Gasteiger charge is 2.21. The summed E-state index contributed by atoms with van der Waals surface area (Å²) in [6, 6.07) is 6.70. The molecule has 16 heavy (non-hydrogen) atoms. The van der Waals surface area contributed by atoms with Crippen LogP contribution < -0.4 is 0 Å². The fourth-order valence-corrected chi connectivity index (χ4v) is 2.50. The Morgan fingerprint density at radius 3 is 3.00 bits per heavy atom. The molecule has 1 heterocycles. The monoisotopic (exact) mass is 242 g/mol. The van der Waals surface area contributed by atoms with Crippen LogP contribution in [0.1, 0.15) is 30.7 Å². The molecule has 2 atom stereocenters. The van der Waals surface area contributed by atoms with Crippen molar-refractivity contribution in [1.82, 2.24) is 0 Å². The smallest absolute Gasteiger partial charge is 0.123 e. The third kappa shape index (κ3) is 2.96. The average Bonchev–Trinajstić information content (AvgIpc) is 2.78. The highest BCUT2D eigenvalue weighted by molar-refractivity contribution is 6.18. The minimum atomic E-state index is -0.194. The summed E-state index contributed by atoms with van der Waals surface area (Å²) in [4.78, 5) is 0. The van der Waals surface area contributed by atoms with Crippen LogP contribution in [0.15, 0.2) is 24.3 Å². The van der Waals surface area contributed by atoms with Crippen LogP contribution in [0.2, 0.25) is 0 Å². The highest BCUT2D eigenvalue weighted by Crippen LogP contribution is 2.28. The molecular formula is C13H16ClFO. The molecule has 0 amide bonds. The van der Waals surface area contributed by atoms with Crippen molar-refractivity contribution in [3.63, 3.8) is 0 Å². The van der Waals surface area contributed by atoms with E-state index >= 15 is 0 Å². The zero-order valence-electron chi connectivity index (χ0n) is 9.16. The summed E-state index contributed by atoms with van der Waals surface area (Å²) in [7, 11) is 0. The van der Waals surface area contributed by atoms with Crippen LogP contribution in [0.4, 0.5) is 4.39 Å². The molecule has 1 aliphatic rings. The van der Waals surface area contributed by atoms with Crippen LogP contribution in [0, 0.1) is 5.82 Å². The molecule has 0 spiro atoms. The SMILES string of the molecule is Fc1cccc(C(CCl)CC2CCCO2)c1. The van der Waals surface area contributed by atoms with Gasteiger partial charge in [0.25, 0.3) is 0 Å². The summed E-state index contributed by atoms with van der Waals surface area (Å²) >= 11 is 5.95. The predicted molar refractivity (Wildman–Crippen MR) is 63.5 cm³/mol. The molecule has 1 aromatic carbocycles. The van der Waals surface area contributed by atoms with Gasteiger partial charge in [-0.2, -0.15) is 0 Å². The molecule has 3 heteroatoms. The van der Waals surface area contributed by atoms with Gasteiger partial charge in [-0.15, -0.1) is 11.6 Å². The van der Waals surface area contributed by atoms with Crippen LogP contribution >= 0.6 is 11.6 Å². The Bertz CT molecular complexity index is 336. The maximum atomic E-state index is 13.1. The maximum absolute atomic E-state index is 13.1. The van der Waals surface area contributed by atoms with Crippen molar-refractivity contribution in [1.29, 1.82) is 0 Å². The molecule has 1 nitrogen and oxygen atoms in total. The number of hydrogen-bond donors (Lipinski definition) is 0. The lowest BCUT2D eigenvalue weighted by Gasteiger charge is -2.18. The van der Waals surface area contributed by atoms with Gasteiger partial charge in [-0.25, -0.2) is 4.39 Å². The molecule has 1 saturated heterocycles. The van der Waals surface area contributed by atoms with Gasteiger partial charge in [0.05, 0.1) is 6.10 Å². The van der Waals surface area contributed by atoms with Gasteiger partial charge in [-0.05, 0) is 42.9 Å². The minimum Gasteiger partial charge on any atom is -0.378 e. The lowest BCUT2D eigenvalue weighted by Crippen LogP contribution is -2.12. The second-order valence-electron chi connectivity index (χ2n) is 4.28. The first kappa shape index (κ1) is 11.9. The Kier molecular flexibility index (Phi) is 4.19. The summed E-state index contributed by atoms with van der Waals surface area (Å²) in [6.07, 6.45) is 3.42. The Hall–Kier alpha value is -0.600. The molecule has 2 unspecified atom stereocenters. The van der Waals surface area contributed by atoms with E-state index in [9.17, 15) is 4.39 Å². The zero-order chi connectivity index (χ0) is 11.4. The van der Waals surface area contributed by atoms with Crippen molar-refractivity contribution in [2.75, 3.05) is 12.5 Å². The summed E-state index contributed by atoms with van der Waals surface area (Å²) < 4.78 is 18.7. The van der Waals surface area contributed by atoms with Crippen LogP contribution in [-0.2, 0) is 4.74 Å². The maximum Gasteiger partial charge on any atom is 0.123 e. The molecule has 1 aromatic rings. The van der Waals surface area contributed by atoms with Crippen molar-refractivity contribution >= 4 is 11.6 Å². The van der Waals surface area contributed by atoms with Gasteiger partial charge >= 0.3 is 0 Å². The highest BCUT2D eigenvalue weighted by atomic mass is 35.5. The van der Waals surface area contributed by atoms with E-state index in [-0.39, 0.29) is 11.7 Å². The van der Waals surface area contributed by atoms with E-state index in [0.717, 1.165) is 31.4 Å². The van der Waals surface area contributed by atoms with E-state index in [1.165, 1.54) is 6.07 Å². The van der Waals surface area contributed by atoms with E-state index in [2.05, 4.69) is 0 Å². The minimum absolute atomic E-state index is 0.194. The van der Waals surface area contributed by atoms with Gasteiger partial charge in [0.15, 0.2) is 0 Å². The fourth-order valence-electron chi connectivity index (χ4n) is 2.20. The summed E-state index contributed by atoms with van der Waals surface area (Å²) in [5, 5.41) is 0. The average molecular weight is 243 g/mol. The fraction of sp³-hybridized carbons (Fsp3) is 0.538. The number of benzene rings is 1. The van der Waals surface area contributed by atoms with Crippen LogP contribution in [0.3, 0.4) is 0 Å². The second-order valence-corrected chi connectivity index (χ2v) is 4.59. The quantitative estimate of drug-likeness (QED) is 0.732. The Morgan fingerprint density at radius 2 is 2.38 bits per heavy atom. The van der Waals surface area contributed by atoms with Gasteiger partial charge in [0.2, 0.25) is 0 Å². The van der Waals surface area contributed by atoms with Crippen LogP contribution in [-0.4, -0.2) is 18.6 Å². The third-order valence-electron chi connectivity index (χ3n) is 3.08. The number of rotatable bonds is 4. The summed E-state index contributed by atoms with van der Waals surface area (Å²) in [5.74, 6) is 0.518. The third-order valence-corrected chi connectivity index (χ3v) is 3.45. The molecule has 0 aliphatic carbocycles. The topological polar surface area (TPSA) is 9.23 Å². The first-order valence-electron chi connectivity index (χ1n) is 5.72. The lowest BCUT2D eigenvalue weighted by molar-refractivity contribution is 0.0995. The molecule has 1 fully saturated rings. The first-order chi connectivity index (χ1) is 7.79. The zero-order valence-corrected chi connectivity index (χ0v) is 9.92. The molecule has 2 rings (SSSR count). The van der Waals surface area contributed by atoms with Gasteiger partial charge < -0.3 is 4.74 Å². The van der Waals surface area contributed by atoms with Crippen molar-refractivity contribution in [2.24, 2.45) is 0 Å². The molecule has 0 saturated carbocycles. The van der Waals surface area contributed by atoms with Crippen molar-refractivity contribution < 1.29 is 9.13 Å². The van der Waals surface area contributed by atoms with E-state index in [4.69, 9.17) is 16.3 Å². The standard InChI is InChI=1S/C13H16ClFO/c14-9-11(8-13-5-2-6-16-13)10-3-1-4-12(15)7-10/h1,3-4,7,11,13H,2,5-6,8-9H2. The summed E-state index contributed by atoms with van der Waals surface area (Å²) in [5.41, 5.74) is 0.977. The molecule has 88 valence electrons. The van der Waals surface area contributed by atoms with E-state index in [1.807, 2.05) is 6.07 Å². The second kappa shape index (κ2) is 5.65. The number of hydrogen-bond acceptors (Lipinski definition) is 1. The molecule has 0 aromatic heterocycles. The lowest BCUT2D eigenvalue weighted by atomic mass is 9.94. The van der Waals surface area contributed by atoms with Gasteiger partial charge in [-0.3, -0.25) is 0 Å². The van der Waals surface area contributed by atoms with Crippen LogP contribution in [0.25, 0.3) is 0 Å². The normalized spacial score (nSPS) is 22.2. The van der Waals surface area contributed by atoms with E-state index < -0.39 is 0 Å². The van der Waals surface area contributed by atoms with Crippen molar-refractivity contribution in [2.45, 2.75) is 31.3 Å². The molecule has 0 bridgehead atoms. The molecule has 0 radical (unpaired) electrons. The van der Waals surface area contributed by atoms with Gasteiger partial charge in [0, 0.05) is 12.5 Å². The molecule has 1 aliphatic heterocycles. The Morgan fingerprint density at radius 1 is 1.50 bits per heavy atom. The number of alkyl halides is 1. The summed E-state index contributed by atoms with van der Waals surface area (Å²) in [6.45, 7) is 0.850. The first-order valence-corrected chi connectivity index (χ1v) is 6.26. The number of halogens is 2. The van der Waals surface area contributed by atoms with Crippen molar-refractivity contribution in [3.05, 3.63) is 35.6 Å². The van der Waals surface area contributed by atoms with E-state index in [1.54, 1.807) is 12.1 Å². The predicted octanol–water partition coefficient (Wildman–Crippen LogP) is 3.72. The largest absolute Gasteiger partial charge is 0.378 e.